The Bertz CT molecular complexity index is 300. The molecule has 0 spiro atoms. The van der Waals surface area contributed by atoms with Crippen molar-refractivity contribution in [3.05, 3.63) is 40.4 Å². The standard InChI is InChI=1S/C11H13Cl/c1-4-9-6-10(5-2)8(3)11(12)7-9/h4,6-7H,1,5H2,2-3H3. The molecule has 0 unspecified atom stereocenters. The van der Waals surface area contributed by atoms with Gasteiger partial charge in [0.1, 0.15) is 0 Å². The molecule has 0 amide bonds. The molecule has 0 N–H and O–H groups in total. The quantitative estimate of drug-likeness (QED) is 0.649. The van der Waals surface area contributed by atoms with Gasteiger partial charge in [-0.3, -0.25) is 0 Å². The number of aryl methyl sites for hydroxylation is 1. The summed E-state index contributed by atoms with van der Waals surface area (Å²) in [5.74, 6) is 0. The Kier molecular flexibility index (Phi) is 2.93. The summed E-state index contributed by atoms with van der Waals surface area (Å²) in [5.41, 5.74) is 3.59. The van der Waals surface area contributed by atoms with Crippen LogP contribution in [0.1, 0.15) is 23.6 Å². The highest BCUT2D eigenvalue weighted by atomic mass is 35.5. The van der Waals surface area contributed by atoms with E-state index in [2.05, 4.69) is 19.6 Å². The van der Waals surface area contributed by atoms with Gasteiger partial charge in [0.05, 0.1) is 0 Å². The van der Waals surface area contributed by atoms with Crippen LogP contribution in [0, 0.1) is 6.92 Å². The van der Waals surface area contributed by atoms with Gasteiger partial charge < -0.3 is 0 Å². The maximum Gasteiger partial charge on any atom is 0.0443 e. The SMILES string of the molecule is C=Cc1cc(Cl)c(C)c(CC)c1. The number of benzene rings is 1. The van der Waals surface area contributed by atoms with E-state index < -0.39 is 0 Å². The topological polar surface area (TPSA) is 0 Å². The highest BCUT2D eigenvalue weighted by Gasteiger charge is 2.01. The van der Waals surface area contributed by atoms with Crippen molar-refractivity contribution in [3.63, 3.8) is 0 Å². The second-order valence-corrected chi connectivity index (χ2v) is 3.25. The molecule has 0 fully saturated rings. The average Bonchev–Trinajstić information content (AvgIpc) is 2.09. The molecule has 1 aromatic carbocycles. The predicted molar refractivity (Wildman–Crippen MR) is 55.7 cm³/mol. The third kappa shape index (κ3) is 1.70. The normalized spacial score (nSPS) is 9.92. The first kappa shape index (κ1) is 9.34. The molecule has 0 aliphatic heterocycles. The summed E-state index contributed by atoms with van der Waals surface area (Å²) in [6.07, 6.45) is 2.84. The van der Waals surface area contributed by atoms with Gasteiger partial charge in [-0.1, -0.05) is 37.2 Å². The molecule has 0 nitrogen and oxygen atoms in total. The first-order valence-electron chi connectivity index (χ1n) is 4.10. The number of rotatable bonds is 2. The van der Waals surface area contributed by atoms with Crippen LogP contribution in [-0.2, 0) is 6.42 Å². The molecule has 64 valence electrons. The van der Waals surface area contributed by atoms with Crippen LogP contribution < -0.4 is 0 Å². The van der Waals surface area contributed by atoms with Crippen molar-refractivity contribution in [1.29, 1.82) is 0 Å². The van der Waals surface area contributed by atoms with E-state index in [0.717, 1.165) is 17.0 Å². The Morgan fingerprint density at radius 3 is 2.67 bits per heavy atom. The summed E-state index contributed by atoms with van der Waals surface area (Å²) < 4.78 is 0. The van der Waals surface area contributed by atoms with E-state index >= 15 is 0 Å². The zero-order valence-electron chi connectivity index (χ0n) is 7.52. The van der Waals surface area contributed by atoms with Crippen LogP contribution in [-0.4, -0.2) is 0 Å². The zero-order chi connectivity index (χ0) is 9.14. The first-order valence-corrected chi connectivity index (χ1v) is 4.48. The van der Waals surface area contributed by atoms with Gasteiger partial charge in [0.25, 0.3) is 0 Å². The molecule has 12 heavy (non-hydrogen) atoms. The van der Waals surface area contributed by atoms with Crippen LogP contribution in [0.3, 0.4) is 0 Å². The number of hydrogen-bond donors (Lipinski definition) is 0. The summed E-state index contributed by atoms with van der Waals surface area (Å²) >= 11 is 6.03. The van der Waals surface area contributed by atoms with Gasteiger partial charge in [-0.05, 0) is 36.1 Å². The van der Waals surface area contributed by atoms with E-state index in [-0.39, 0.29) is 0 Å². The van der Waals surface area contributed by atoms with E-state index in [0.29, 0.717) is 0 Å². The second-order valence-electron chi connectivity index (χ2n) is 2.84. The maximum atomic E-state index is 6.03. The maximum absolute atomic E-state index is 6.03. The van der Waals surface area contributed by atoms with Gasteiger partial charge in [-0.25, -0.2) is 0 Å². The Labute approximate surface area is 78.9 Å². The smallest absolute Gasteiger partial charge is 0.0443 e. The van der Waals surface area contributed by atoms with Crippen molar-refractivity contribution in [2.75, 3.05) is 0 Å². The average molecular weight is 181 g/mol. The fourth-order valence-electron chi connectivity index (χ4n) is 1.24. The van der Waals surface area contributed by atoms with E-state index in [9.17, 15) is 0 Å². The summed E-state index contributed by atoms with van der Waals surface area (Å²) in [4.78, 5) is 0. The predicted octanol–water partition coefficient (Wildman–Crippen LogP) is 3.85. The third-order valence-corrected chi connectivity index (χ3v) is 2.48. The lowest BCUT2D eigenvalue weighted by Gasteiger charge is -2.06. The second kappa shape index (κ2) is 3.77. The Balaban J connectivity index is 3.28. The minimum atomic E-state index is 0.837. The monoisotopic (exact) mass is 180 g/mol. The van der Waals surface area contributed by atoms with E-state index in [1.54, 1.807) is 0 Å². The van der Waals surface area contributed by atoms with Gasteiger partial charge >= 0.3 is 0 Å². The van der Waals surface area contributed by atoms with Crippen LogP contribution in [0.5, 0.6) is 0 Å². The van der Waals surface area contributed by atoms with Crippen molar-refractivity contribution in [2.45, 2.75) is 20.3 Å². The van der Waals surface area contributed by atoms with Crippen molar-refractivity contribution < 1.29 is 0 Å². The van der Waals surface area contributed by atoms with Gasteiger partial charge in [-0.15, -0.1) is 0 Å². The van der Waals surface area contributed by atoms with Crippen molar-refractivity contribution >= 4 is 17.7 Å². The Morgan fingerprint density at radius 1 is 1.50 bits per heavy atom. The first-order chi connectivity index (χ1) is 5.69. The lowest BCUT2D eigenvalue weighted by molar-refractivity contribution is 1.11. The molecule has 1 rings (SSSR count). The van der Waals surface area contributed by atoms with Crippen molar-refractivity contribution in [3.8, 4) is 0 Å². The fourth-order valence-corrected chi connectivity index (χ4v) is 1.49. The molecule has 0 saturated heterocycles. The van der Waals surface area contributed by atoms with E-state index in [1.165, 1.54) is 11.1 Å². The summed E-state index contributed by atoms with van der Waals surface area (Å²) in [7, 11) is 0. The summed E-state index contributed by atoms with van der Waals surface area (Å²) in [6, 6.07) is 4.08. The molecule has 0 radical (unpaired) electrons. The lowest BCUT2D eigenvalue weighted by atomic mass is 10.0. The highest BCUT2D eigenvalue weighted by molar-refractivity contribution is 6.31. The molecule has 0 saturated carbocycles. The molecular formula is C11H13Cl. The third-order valence-electron chi connectivity index (χ3n) is 2.09. The van der Waals surface area contributed by atoms with Crippen molar-refractivity contribution in [1.82, 2.24) is 0 Å². The lowest BCUT2D eigenvalue weighted by Crippen LogP contribution is -1.88. The minimum absolute atomic E-state index is 0.837. The van der Waals surface area contributed by atoms with E-state index in [1.807, 2.05) is 19.1 Å². The van der Waals surface area contributed by atoms with E-state index in [4.69, 9.17) is 11.6 Å². The molecule has 0 heterocycles. The molecule has 0 aliphatic carbocycles. The van der Waals surface area contributed by atoms with Crippen LogP contribution in [0.2, 0.25) is 5.02 Å². The number of hydrogen-bond acceptors (Lipinski definition) is 0. The van der Waals surface area contributed by atoms with Crippen LogP contribution in [0.25, 0.3) is 6.08 Å². The molecule has 0 atom stereocenters. The van der Waals surface area contributed by atoms with Crippen LogP contribution >= 0.6 is 11.6 Å². The van der Waals surface area contributed by atoms with Crippen molar-refractivity contribution in [2.24, 2.45) is 0 Å². The fraction of sp³-hybridized carbons (Fsp3) is 0.273. The highest BCUT2D eigenvalue weighted by Crippen LogP contribution is 2.22. The molecule has 0 aromatic heterocycles. The molecule has 1 aromatic rings. The Morgan fingerprint density at radius 2 is 2.17 bits per heavy atom. The summed E-state index contributed by atoms with van der Waals surface area (Å²) in [5, 5.41) is 0.837. The zero-order valence-corrected chi connectivity index (χ0v) is 8.28. The minimum Gasteiger partial charge on any atom is -0.0985 e. The molecular weight excluding hydrogens is 168 g/mol. The molecule has 0 aliphatic rings. The molecule has 1 heteroatoms. The molecule has 0 bridgehead atoms. The Hall–Kier alpha value is -0.750. The van der Waals surface area contributed by atoms with Gasteiger partial charge in [0.2, 0.25) is 0 Å². The summed E-state index contributed by atoms with van der Waals surface area (Å²) in [6.45, 7) is 7.90. The van der Waals surface area contributed by atoms with Crippen LogP contribution in [0.4, 0.5) is 0 Å². The van der Waals surface area contributed by atoms with Crippen LogP contribution in [0.15, 0.2) is 18.7 Å². The van der Waals surface area contributed by atoms with Gasteiger partial charge in [0, 0.05) is 5.02 Å². The largest absolute Gasteiger partial charge is 0.0985 e. The van der Waals surface area contributed by atoms with Gasteiger partial charge in [-0.2, -0.15) is 0 Å². The van der Waals surface area contributed by atoms with Gasteiger partial charge in [0.15, 0.2) is 0 Å². The number of halogens is 1.